The summed E-state index contributed by atoms with van der Waals surface area (Å²) in [5.41, 5.74) is 7.23. The van der Waals surface area contributed by atoms with Crippen molar-refractivity contribution in [2.75, 3.05) is 11.1 Å². The molecular weight excluding hydrogens is 296 g/mol. The van der Waals surface area contributed by atoms with Crippen LogP contribution in [-0.4, -0.2) is 0 Å². The first-order chi connectivity index (χ1) is 7.16. The van der Waals surface area contributed by atoms with E-state index in [0.717, 1.165) is 15.2 Å². The smallest absolute Gasteiger partial charge is 0.0939 e. The van der Waals surface area contributed by atoms with Gasteiger partial charge in [-0.05, 0) is 34.1 Å². The SMILES string of the molecule is Nc1cccc(Cl)c1Nc1cc(Br)cs1. The highest BCUT2D eigenvalue weighted by atomic mass is 79.9. The Bertz CT molecular complexity index is 464. The molecule has 2 rings (SSSR count). The summed E-state index contributed by atoms with van der Waals surface area (Å²) in [6, 6.07) is 7.43. The lowest BCUT2D eigenvalue weighted by Crippen LogP contribution is -1.95. The molecule has 0 atom stereocenters. The van der Waals surface area contributed by atoms with Crippen molar-refractivity contribution >= 4 is 55.2 Å². The zero-order valence-corrected chi connectivity index (χ0v) is 10.8. The van der Waals surface area contributed by atoms with Gasteiger partial charge in [0.2, 0.25) is 0 Å². The number of hydrogen-bond donors (Lipinski definition) is 2. The number of thiophene rings is 1. The number of benzene rings is 1. The molecule has 0 fully saturated rings. The number of nitrogens with two attached hydrogens (primary N) is 1. The van der Waals surface area contributed by atoms with Crippen molar-refractivity contribution in [2.45, 2.75) is 0 Å². The summed E-state index contributed by atoms with van der Waals surface area (Å²) in [6.07, 6.45) is 0. The second-order valence-electron chi connectivity index (χ2n) is 2.96. The Labute approximate surface area is 105 Å². The molecule has 2 aromatic rings. The van der Waals surface area contributed by atoms with Gasteiger partial charge in [0.25, 0.3) is 0 Å². The fourth-order valence-electron chi connectivity index (χ4n) is 1.17. The van der Waals surface area contributed by atoms with Gasteiger partial charge in [0.1, 0.15) is 0 Å². The summed E-state index contributed by atoms with van der Waals surface area (Å²) < 4.78 is 1.04. The topological polar surface area (TPSA) is 38.0 Å². The van der Waals surface area contributed by atoms with Crippen molar-refractivity contribution < 1.29 is 0 Å². The first kappa shape index (κ1) is 10.8. The van der Waals surface area contributed by atoms with Crippen molar-refractivity contribution in [3.63, 3.8) is 0 Å². The lowest BCUT2D eigenvalue weighted by atomic mass is 10.2. The lowest BCUT2D eigenvalue weighted by molar-refractivity contribution is 1.60. The van der Waals surface area contributed by atoms with Crippen LogP contribution < -0.4 is 11.1 Å². The van der Waals surface area contributed by atoms with Crippen LogP contribution in [0.15, 0.2) is 34.1 Å². The number of rotatable bonds is 2. The van der Waals surface area contributed by atoms with Gasteiger partial charge in [-0.2, -0.15) is 0 Å². The average Bonchev–Trinajstić information content (AvgIpc) is 2.58. The first-order valence-corrected chi connectivity index (χ1v) is 6.27. The van der Waals surface area contributed by atoms with Gasteiger partial charge in [0.15, 0.2) is 0 Å². The van der Waals surface area contributed by atoms with Crippen LogP contribution in [0.3, 0.4) is 0 Å². The summed E-state index contributed by atoms with van der Waals surface area (Å²) in [5, 5.41) is 6.81. The molecule has 1 aromatic heterocycles. The molecule has 2 nitrogen and oxygen atoms in total. The molecule has 0 saturated heterocycles. The molecule has 3 N–H and O–H groups in total. The molecule has 0 spiro atoms. The molecule has 15 heavy (non-hydrogen) atoms. The molecule has 0 aliphatic carbocycles. The number of para-hydroxylation sites is 1. The number of hydrogen-bond acceptors (Lipinski definition) is 3. The molecule has 0 saturated carbocycles. The highest BCUT2D eigenvalue weighted by Gasteiger charge is 2.05. The van der Waals surface area contributed by atoms with Crippen LogP contribution in [0.2, 0.25) is 5.02 Å². The molecule has 0 radical (unpaired) electrons. The minimum absolute atomic E-state index is 0.625. The number of nitrogens with one attached hydrogen (secondary N) is 1. The largest absolute Gasteiger partial charge is 0.397 e. The van der Waals surface area contributed by atoms with Gasteiger partial charge in [-0.15, -0.1) is 11.3 Å². The van der Waals surface area contributed by atoms with Crippen LogP contribution in [0.4, 0.5) is 16.4 Å². The summed E-state index contributed by atoms with van der Waals surface area (Å²) in [4.78, 5) is 0. The van der Waals surface area contributed by atoms with Crippen molar-refractivity contribution in [3.05, 3.63) is 39.1 Å². The van der Waals surface area contributed by atoms with E-state index in [0.29, 0.717) is 10.7 Å². The van der Waals surface area contributed by atoms with Crippen LogP contribution in [0.5, 0.6) is 0 Å². The molecule has 1 heterocycles. The third kappa shape index (κ3) is 2.45. The van der Waals surface area contributed by atoms with Crippen molar-refractivity contribution in [1.82, 2.24) is 0 Å². The van der Waals surface area contributed by atoms with Gasteiger partial charge in [-0.3, -0.25) is 0 Å². The van der Waals surface area contributed by atoms with E-state index in [2.05, 4.69) is 21.2 Å². The quantitative estimate of drug-likeness (QED) is 0.802. The minimum Gasteiger partial charge on any atom is -0.397 e. The van der Waals surface area contributed by atoms with Gasteiger partial charge < -0.3 is 11.1 Å². The Hall–Kier alpha value is -0.710. The van der Waals surface area contributed by atoms with E-state index in [1.165, 1.54) is 0 Å². The third-order valence-electron chi connectivity index (χ3n) is 1.86. The zero-order chi connectivity index (χ0) is 10.8. The fourth-order valence-corrected chi connectivity index (χ4v) is 2.73. The molecule has 0 amide bonds. The fraction of sp³-hybridized carbons (Fsp3) is 0. The van der Waals surface area contributed by atoms with E-state index in [-0.39, 0.29) is 0 Å². The second-order valence-corrected chi connectivity index (χ2v) is 5.19. The van der Waals surface area contributed by atoms with Crippen molar-refractivity contribution in [3.8, 4) is 0 Å². The Morgan fingerprint density at radius 2 is 2.20 bits per heavy atom. The summed E-state index contributed by atoms with van der Waals surface area (Å²) >= 11 is 11.0. The van der Waals surface area contributed by atoms with Crippen molar-refractivity contribution in [2.24, 2.45) is 0 Å². The molecule has 0 unspecified atom stereocenters. The van der Waals surface area contributed by atoms with Gasteiger partial charge in [0.05, 0.1) is 21.4 Å². The Kier molecular flexibility index (Phi) is 3.19. The third-order valence-corrected chi connectivity index (χ3v) is 3.78. The zero-order valence-electron chi connectivity index (χ0n) is 7.63. The van der Waals surface area contributed by atoms with E-state index < -0.39 is 0 Å². The average molecular weight is 304 g/mol. The van der Waals surface area contributed by atoms with E-state index in [4.69, 9.17) is 17.3 Å². The number of halogens is 2. The van der Waals surface area contributed by atoms with Crippen LogP contribution in [0.1, 0.15) is 0 Å². The van der Waals surface area contributed by atoms with Crippen LogP contribution in [0.25, 0.3) is 0 Å². The van der Waals surface area contributed by atoms with Gasteiger partial charge >= 0.3 is 0 Å². The normalized spacial score (nSPS) is 10.3. The standard InChI is InChI=1S/C10H8BrClN2S/c11-6-4-9(15-5-6)14-10-7(12)2-1-3-8(10)13/h1-5,14H,13H2. The summed E-state index contributed by atoms with van der Waals surface area (Å²) in [7, 11) is 0. The highest BCUT2D eigenvalue weighted by Crippen LogP contribution is 2.34. The van der Waals surface area contributed by atoms with Crippen LogP contribution in [0, 0.1) is 0 Å². The Morgan fingerprint density at radius 3 is 2.80 bits per heavy atom. The van der Waals surface area contributed by atoms with Gasteiger partial charge in [0, 0.05) is 9.85 Å². The van der Waals surface area contributed by atoms with Crippen LogP contribution >= 0.6 is 38.9 Å². The molecule has 0 bridgehead atoms. The lowest BCUT2D eigenvalue weighted by Gasteiger charge is -2.08. The summed E-state index contributed by atoms with van der Waals surface area (Å²) in [5.74, 6) is 0. The van der Waals surface area contributed by atoms with E-state index in [1.54, 1.807) is 11.3 Å². The maximum Gasteiger partial charge on any atom is 0.0939 e. The number of anilines is 3. The van der Waals surface area contributed by atoms with Gasteiger partial charge in [-0.1, -0.05) is 17.7 Å². The maximum atomic E-state index is 6.04. The predicted octanol–water partition coefficient (Wildman–Crippen LogP) is 4.49. The first-order valence-electron chi connectivity index (χ1n) is 4.22. The van der Waals surface area contributed by atoms with Crippen molar-refractivity contribution in [1.29, 1.82) is 0 Å². The van der Waals surface area contributed by atoms with E-state index >= 15 is 0 Å². The molecule has 0 aliphatic heterocycles. The molecule has 0 aliphatic rings. The Balaban J connectivity index is 2.31. The highest BCUT2D eigenvalue weighted by molar-refractivity contribution is 9.10. The van der Waals surface area contributed by atoms with E-state index in [9.17, 15) is 0 Å². The van der Waals surface area contributed by atoms with Crippen LogP contribution in [-0.2, 0) is 0 Å². The van der Waals surface area contributed by atoms with Gasteiger partial charge in [-0.25, -0.2) is 0 Å². The molecule has 78 valence electrons. The predicted molar refractivity (Wildman–Crippen MR) is 71.2 cm³/mol. The maximum absolute atomic E-state index is 6.04. The molecular formula is C10H8BrClN2S. The summed E-state index contributed by atoms with van der Waals surface area (Å²) in [6.45, 7) is 0. The molecule has 5 heteroatoms. The monoisotopic (exact) mass is 302 g/mol. The molecule has 1 aromatic carbocycles. The Morgan fingerprint density at radius 1 is 1.40 bits per heavy atom. The minimum atomic E-state index is 0.625. The number of nitrogen functional groups attached to an aromatic ring is 1. The van der Waals surface area contributed by atoms with E-state index in [1.807, 2.05) is 29.6 Å². The second kappa shape index (κ2) is 4.43.